The van der Waals surface area contributed by atoms with Crippen LogP contribution in [0, 0.1) is 6.92 Å². The van der Waals surface area contributed by atoms with E-state index in [1.54, 1.807) is 12.1 Å². The van der Waals surface area contributed by atoms with E-state index in [1.165, 1.54) is 24.3 Å². The van der Waals surface area contributed by atoms with Crippen molar-refractivity contribution < 1.29 is 18.3 Å². The lowest BCUT2D eigenvalue weighted by Gasteiger charge is -2.11. The maximum absolute atomic E-state index is 12.6. The molecule has 2 rings (SSSR count). The molecule has 0 saturated carbocycles. The fourth-order valence-electron chi connectivity index (χ4n) is 2.11. The molecule has 0 heterocycles. The van der Waals surface area contributed by atoms with Crippen LogP contribution < -0.4 is 10.0 Å². The zero-order valence-corrected chi connectivity index (χ0v) is 16.0. The molecule has 25 heavy (non-hydrogen) atoms. The molecule has 6 nitrogen and oxygen atoms in total. The normalized spacial score (nSPS) is 11.2. The molecule has 0 radical (unpaired) electrons. The van der Waals surface area contributed by atoms with Crippen molar-refractivity contribution in [2.24, 2.45) is 0 Å². The average Bonchev–Trinajstić information content (AvgIpc) is 2.58. The highest BCUT2D eigenvalue weighted by atomic mass is 79.9. The first-order valence-corrected chi connectivity index (χ1v) is 9.89. The van der Waals surface area contributed by atoms with Crippen molar-refractivity contribution in [3.63, 3.8) is 0 Å². The Labute approximate surface area is 155 Å². The summed E-state index contributed by atoms with van der Waals surface area (Å²) in [6, 6.07) is 11.1. The topological polar surface area (TPSA) is 95.5 Å². The van der Waals surface area contributed by atoms with Crippen molar-refractivity contribution in [2.45, 2.75) is 18.2 Å². The highest BCUT2D eigenvalue weighted by Crippen LogP contribution is 2.26. The summed E-state index contributed by atoms with van der Waals surface area (Å²) in [6.07, 6.45) is 0.437. The van der Waals surface area contributed by atoms with Crippen LogP contribution in [0.1, 0.15) is 22.3 Å². The number of halogens is 1. The standard InChI is InChI=1S/C17H19BrN2O4S/c1-12-6-7-15(18)16(10-12)20-25(23,24)14-5-2-4-13(11-14)17(22)19-8-3-9-21/h2,4-7,10-11,20-21H,3,8-9H2,1H3,(H,19,22). The van der Waals surface area contributed by atoms with E-state index in [2.05, 4.69) is 26.0 Å². The third-order valence-corrected chi connectivity index (χ3v) is 5.45. The van der Waals surface area contributed by atoms with Crippen LogP contribution in [0.25, 0.3) is 0 Å². The van der Waals surface area contributed by atoms with Gasteiger partial charge in [0.1, 0.15) is 0 Å². The van der Waals surface area contributed by atoms with Gasteiger partial charge in [-0.25, -0.2) is 8.42 Å². The Bertz CT molecular complexity index is 869. The minimum absolute atomic E-state index is 0.00397. The van der Waals surface area contributed by atoms with E-state index in [-0.39, 0.29) is 23.0 Å². The number of carbonyl (C=O) groups is 1. The number of aliphatic hydroxyl groups is 1. The molecule has 0 aliphatic heterocycles. The number of aryl methyl sites for hydroxylation is 1. The van der Waals surface area contributed by atoms with Gasteiger partial charge < -0.3 is 10.4 Å². The number of carbonyl (C=O) groups excluding carboxylic acids is 1. The maximum atomic E-state index is 12.6. The highest BCUT2D eigenvalue weighted by molar-refractivity contribution is 9.10. The highest BCUT2D eigenvalue weighted by Gasteiger charge is 2.17. The molecule has 1 amide bonds. The Hall–Kier alpha value is -1.90. The van der Waals surface area contributed by atoms with Gasteiger partial charge in [-0.1, -0.05) is 12.1 Å². The predicted octanol–water partition coefficient (Wildman–Crippen LogP) is 2.67. The van der Waals surface area contributed by atoms with Crippen molar-refractivity contribution in [3.05, 3.63) is 58.1 Å². The summed E-state index contributed by atoms with van der Waals surface area (Å²) in [5, 5.41) is 11.4. The summed E-state index contributed by atoms with van der Waals surface area (Å²) in [5.74, 6) is -0.387. The molecule has 0 fully saturated rings. The first kappa shape index (κ1) is 19.4. The van der Waals surface area contributed by atoms with Crippen LogP contribution in [-0.2, 0) is 10.0 Å². The van der Waals surface area contributed by atoms with Gasteiger partial charge in [-0.3, -0.25) is 9.52 Å². The van der Waals surface area contributed by atoms with Crippen molar-refractivity contribution in [2.75, 3.05) is 17.9 Å². The van der Waals surface area contributed by atoms with E-state index in [0.717, 1.165) is 5.56 Å². The van der Waals surface area contributed by atoms with Crippen LogP contribution >= 0.6 is 15.9 Å². The van der Waals surface area contributed by atoms with Gasteiger partial charge in [0.2, 0.25) is 0 Å². The van der Waals surface area contributed by atoms with Gasteiger partial charge >= 0.3 is 0 Å². The van der Waals surface area contributed by atoms with Crippen molar-refractivity contribution in [1.29, 1.82) is 0 Å². The van der Waals surface area contributed by atoms with Crippen LogP contribution in [0.3, 0.4) is 0 Å². The molecule has 134 valence electrons. The summed E-state index contributed by atoms with van der Waals surface area (Å²) < 4.78 is 28.4. The van der Waals surface area contributed by atoms with Gasteiger partial charge in [0, 0.05) is 23.2 Å². The Kier molecular flexibility index (Phi) is 6.57. The van der Waals surface area contributed by atoms with Crippen LogP contribution in [0.2, 0.25) is 0 Å². The first-order valence-electron chi connectivity index (χ1n) is 7.61. The number of sulfonamides is 1. The summed E-state index contributed by atoms with van der Waals surface area (Å²) in [6.45, 7) is 2.16. The van der Waals surface area contributed by atoms with E-state index in [9.17, 15) is 13.2 Å². The fraction of sp³-hybridized carbons (Fsp3) is 0.235. The minimum atomic E-state index is -3.83. The van der Waals surface area contributed by atoms with Crippen LogP contribution in [0.15, 0.2) is 51.8 Å². The first-order chi connectivity index (χ1) is 11.8. The smallest absolute Gasteiger partial charge is 0.261 e. The number of hydrogen-bond acceptors (Lipinski definition) is 4. The van der Waals surface area contributed by atoms with Gasteiger partial charge in [0.05, 0.1) is 10.6 Å². The van der Waals surface area contributed by atoms with Crippen molar-refractivity contribution >= 4 is 37.5 Å². The molecule has 0 atom stereocenters. The zero-order chi connectivity index (χ0) is 18.4. The SMILES string of the molecule is Cc1ccc(Br)c(NS(=O)(=O)c2cccc(C(=O)NCCCO)c2)c1. The number of aliphatic hydroxyl groups excluding tert-OH is 1. The lowest BCUT2D eigenvalue weighted by Crippen LogP contribution is -2.25. The molecule has 0 bridgehead atoms. The number of benzene rings is 2. The molecule has 2 aromatic rings. The number of anilines is 1. The van der Waals surface area contributed by atoms with Gasteiger partial charge in [-0.05, 0) is 65.2 Å². The summed E-state index contributed by atoms with van der Waals surface area (Å²) >= 11 is 3.32. The Morgan fingerprint density at radius 1 is 1.20 bits per heavy atom. The summed E-state index contributed by atoms with van der Waals surface area (Å²) in [7, 11) is -3.83. The number of hydrogen-bond donors (Lipinski definition) is 3. The number of amides is 1. The van der Waals surface area contributed by atoms with Gasteiger partial charge in [-0.15, -0.1) is 0 Å². The lowest BCUT2D eigenvalue weighted by molar-refractivity contribution is 0.0951. The van der Waals surface area contributed by atoms with Gasteiger partial charge in [-0.2, -0.15) is 0 Å². The largest absolute Gasteiger partial charge is 0.396 e. The molecule has 8 heteroatoms. The quantitative estimate of drug-likeness (QED) is 0.592. The van der Waals surface area contributed by atoms with E-state index in [0.29, 0.717) is 23.1 Å². The van der Waals surface area contributed by atoms with E-state index >= 15 is 0 Å². The summed E-state index contributed by atoms with van der Waals surface area (Å²) in [4.78, 5) is 12.0. The summed E-state index contributed by atoms with van der Waals surface area (Å²) in [5.41, 5.74) is 1.58. The van der Waals surface area contributed by atoms with E-state index < -0.39 is 10.0 Å². The molecule has 0 aliphatic carbocycles. The van der Waals surface area contributed by atoms with Crippen molar-refractivity contribution in [3.8, 4) is 0 Å². The predicted molar refractivity (Wildman–Crippen MR) is 100 cm³/mol. The van der Waals surface area contributed by atoms with E-state index in [1.807, 2.05) is 13.0 Å². The third kappa shape index (κ3) is 5.29. The maximum Gasteiger partial charge on any atom is 0.261 e. The Morgan fingerprint density at radius 2 is 1.96 bits per heavy atom. The zero-order valence-electron chi connectivity index (χ0n) is 13.6. The second kappa shape index (κ2) is 8.46. The molecule has 0 saturated heterocycles. The molecular weight excluding hydrogens is 408 g/mol. The fourth-order valence-corrected chi connectivity index (χ4v) is 3.70. The van der Waals surface area contributed by atoms with Crippen LogP contribution in [0.5, 0.6) is 0 Å². The lowest BCUT2D eigenvalue weighted by atomic mass is 10.2. The Morgan fingerprint density at radius 3 is 2.68 bits per heavy atom. The second-order valence-corrected chi connectivity index (χ2v) is 7.99. The number of nitrogens with one attached hydrogen (secondary N) is 2. The molecule has 0 spiro atoms. The molecule has 0 aliphatic rings. The molecule has 2 aromatic carbocycles. The number of rotatable bonds is 7. The third-order valence-electron chi connectivity index (χ3n) is 3.39. The molecular formula is C17H19BrN2O4S. The van der Waals surface area contributed by atoms with Gasteiger partial charge in [0.25, 0.3) is 15.9 Å². The van der Waals surface area contributed by atoms with Crippen LogP contribution in [0.4, 0.5) is 5.69 Å². The van der Waals surface area contributed by atoms with Gasteiger partial charge in [0.15, 0.2) is 0 Å². The van der Waals surface area contributed by atoms with E-state index in [4.69, 9.17) is 5.11 Å². The monoisotopic (exact) mass is 426 g/mol. The molecule has 0 unspecified atom stereocenters. The van der Waals surface area contributed by atoms with Crippen LogP contribution in [-0.4, -0.2) is 32.6 Å². The second-order valence-electron chi connectivity index (χ2n) is 5.45. The van der Waals surface area contributed by atoms with Crippen molar-refractivity contribution in [1.82, 2.24) is 5.32 Å². The molecule has 0 aromatic heterocycles. The average molecular weight is 427 g/mol. The minimum Gasteiger partial charge on any atom is -0.396 e. The Balaban J connectivity index is 2.23. The molecule has 3 N–H and O–H groups in total.